The Morgan fingerprint density at radius 1 is 1.17 bits per heavy atom. The van der Waals surface area contributed by atoms with Gasteiger partial charge in [-0.25, -0.2) is 0 Å². The second kappa shape index (κ2) is 6.24. The van der Waals surface area contributed by atoms with Gasteiger partial charge in [-0.1, -0.05) is 12.1 Å². The smallest absolute Gasteiger partial charge is 0.125 e. The number of fused-ring (bicyclic) bond motifs is 1. The van der Waals surface area contributed by atoms with Crippen molar-refractivity contribution >= 4 is 11.0 Å². The third-order valence-corrected chi connectivity index (χ3v) is 4.94. The topological polar surface area (TPSA) is 63.0 Å². The summed E-state index contributed by atoms with van der Waals surface area (Å²) < 4.78 is 2.35. The second-order valence-corrected chi connectivity index (χ2v) is 6.35. The molecular formula is C19H22N4O. The molecule has 5 heteroatoms. The van der Waals surface area contributed by atoms with Crippen LogP contribution in [-0.4, -0.2) is 33.0 Å². The number of hydrogen-bond donors (Lipinski definition) is 2. The van der Waals surface area contributed by atoms with Crippen molar-refractivity contribution < 1.29 is 5.11 Å². The van der Waals surface area contributed by atoms with Crippen molar-refractivity contribution in [3.05, 3.63) is 42.1 Å². The molecule has 1 fully saturated rings. The highest BCUT2D eigenvalue weighted by Crippen LogP contribution is 2.33. The highest BCUT2D eigenvalue weighted by molar-refractivity contribution is 5.82. The molecule has 2 N–H and O–H groups in total. The lowest BCUT2D eigenvalue weighted by Gasteiger charge is -2.24. The number of phenols is 1. The molecule has 3 heterocycles. The van der Waals surface area contributed by atoms with E-state index in [0.717, 1.165) is 49.1 Å². The van der Waals surface area contributed by atoms with Gasteiger partial charge >= 0.3 is 0 Å². The van der Waals surface area contributed by atoms with E-state index >= 15 is 0 Å². The number of nitrogens with one attached hydrogen (secondary N) is 1. The standard InChI is InChI=1S/C19H22N4O/c1-2-23-17(13-7-9-20-10-8-13)12-16-18(23)11-15(21-22-16)14-5-3-4-6-19(14)24/h3-6,11-13,20,24H,2,7-10H2,1H3. The summed E-state index contributed by atoms with van der Waals surface area (Å²) in [6, 6.07) is 11.5. The normalized spacial score (nSPS) is 15.9. The monoisotopic (exact) mass is 322 g/mol. The fraction of sp³-hybridized carbons (Fsp3) is 0.368. The number of aromatic hydroxyl groups is 1. The van der Waals surface area contributed by atoms with E-state index in [1.165, 1.54) is 5.69 Å². The summed E-state index contributed by atoms with van der Waals surface area (Å²) >= 11 is 0. The maximum Gasteiger partial charge on any atom is 0.125 e. The zero-order valence-corrected chi connectivity index (χ0v) is 13.9. The number of rotatable bonds is 3. The molecule has 24 heavy (non-hydrogen) atoms. The van der Waals surface area contributed by atoms with Gasteiger partial charge in [0.15, 0.2) is 0 Å². The van der Waals surface area contributed by atoms with Crippen LogP contribution in [0.2, 0.25) is 0 Å². The van der Waals surface area contributed by atoms with Crippen molar-refractivity contribution in [2.45, 2.75) is 32.2 Å². The molecule has 0 bridgehead atoms. The van der Waals surface area contributed by atoms with Gasteiger partial charge in [-0.3, -0.25) is 0 Å². The van der Waals surface area contributed by atoms with Crippen LogP contribution >= 0.6 is 0 Å². The fourth-order valence-corrected chi connectivity index (χ4v) is 3.70. The van der Waals surface area contributed by atoms with E-state index in [9.17, 15) is 5.11 Å². The third kappa shape index (κ3) is 2.55. The van der Waals surface area contributed by atoms with Gasteiger partial charge in [0.1, 0.15) is 11.3 Å². The Balaban J connectivity index is 1.83. The molecule has 0 amide bonds. The van der Waals surface area contributed by atoms with E-state index in [2.05, 4.69) is 33.1 Å². The summed E-state index contributed by atoms with van der Waals surface area (Å²) in [7, 11) is 0. The van der Waals surface area contributed by atoms with E-state index in [-0.39, 0.29) is 5.75 Å². The first-order valence-electron chi connectivity index (χ1n) is 8.64. The van der Waals surface area contributed by atoms with Crippen molar-refractivity contribution in [2.75, 3.05) is 13.1 Å². The lowest BCUT2D eigenvalue weighted by Crippen LogP contribution is -2.27. The van der Waals surface area contributed by atoms with Gasteiger partial charge < -0.3 is 15.0 Å². The van der Waals surface area contributed by atoms with Gasteiger partial charge in [0, 0.05) is 23.7 Å². The Hall–Kier alpha value is -2.40. The molecule has 0 aliphatic carbocycles. The Bertz CT molecular complexity index is 865. The Morgan fingerprint density at radius 2 is 1.96 bits per heavy atom. The van der Waals surface area contributed by atoms with Gasteiger partial charge in [-0.15, -0.1) is 10.2 Å². The number of benzene rings is 1. The third-order valence-electron chi connectivity index (χ3n) is 4.94. The average Bonchev–Trinajstić information content (AvgIpc) is 3.00. The minimum atomic E-state index is 0.235. The molecule has 0 atom stereocenters. The lowest BCUT2D eigenvalue weighted by molar-refractivity contribution is 0.442. The largest absolute Gasteiger partial charge is 0.507 e. The second-order valence-electron chi connectivity index (χ2n) is 6.35. The predicted octanol–water partition coefficient (Wildman–Crippen LogP) is 3.29. The molecule has 0 spiro atoms. The zero-order valence-electron chi connectivity index (χ0n) is 13.9. The molecule has 124 valence electrons. The summed E-state index contributed by atoms with van der Waals surface area (Å²) in [4.78, 5) is 0. The van der Waals surface area contributed by atoms with Crippen LogP contribution in [0, 0.1) is 0 Å². The van der Waals surface area contributed by atoms with Gasteiger partial charge in [-0.2, -0.15) is 0 Å². The van der Waals surface area contributed by atoms with Crippen LogP contribution in [0.15, 0.2) is 36.4 Å². The zero-order chi connectivity index (χ0) is 16.5. The van der Waals surface area contributed by atoms with E-state index in [4.69, 9.17) is 0 Å². The fourth-order valence-electron chi connectivity index (χ4n) is 3.70. The van der Waals surface area contributed by atoms with E-state index in [1.807, 2.05) is 24.3 Å². The summed E-state index contributed by atoms with van der Waals surface area (Å²) in [5.41, 5.74) is 4.83. The number of hydrogen-bond acceptors (Lipinski definition) is 4. The number of para-hydroxylation sites is 1. The highest BCUT2D eigenvalue weighted by Gasteiger charge is 2.21. The number of nitrogens with zero attached hydrogens (tertiary/aromatic N) is 3. The van der Waals surface area contributed by atoms with Crippen LogP contribution in [0.1, 0.15) is 31.4 Å². The Kier molecular flexibility index (Phi) is 3.94. The summed E-state index contributed by atoms with van der Waals surface area (Å²) in [6.45, 7) is 5.23. The van der Waals surface area contributed by atoms with Gasteiger partial charge in [0.05, 0.1) is 11.2 Å². The number of piperidine rings is 1. The summed E-state index contributed by atoms with van der Waals surface area (Å²) in [5.74, 6) is 0.813. The van der Waals surface area contributed by atoms with Crippen LogP contribution in [0.5, 0.6) is 5.75 Å². The van der Waals surface area contributed by atoms with Crippen LogP contribution in [0.3, 0.4) is 0 Å². The van der Waals surface area contributed by atoms with E-state index in [1.54, 1.807) is 6.07 Å². The van der Waals surface area contributed by atoms with Crippen LogP contribution in [0.25, 0.3) is 22.3 Å². The van der Waals surface area contributed by atoms with Crippen molar-refractivity contribution in [1.29, 1.82) is 0 Å². The molecular weight excluding hydrogens is 300 g/mol. The first-order valence-corrected chi connectivity index (χ1v) is 8.64. The average molecular weight is 322 g/mol. The summed E-state index contributed by atoms with van der Waals surface area (Å²) in [5, 5.41) is 22.3. The molecule has 4 rings (SSSR count). The van der Waals surface area contributed by atoms with Crippen LogP contribution in [-0.2, 0) is 6.54 Å². The van der Waals surface area contributed by atoms with Gasteiger partial charge in [-0.05, 0) is 57.1 Å². The Labute approximate surface area is 141 Å². The molecule has 3 aromatic rings. The lowest BCUT2D eigenvalue weighted by atomic mass is 9.94. The number of phenolic OH excluding ortho intramolecular Hbond substituents is 1. The molecule has 0 radical (unpaired) electrons. The number of aromatic nitrogens is 3. The molecule has 2 aromatic heterocycles. The van der Waals surface area contributed by atoms with Crippen LogP contribution in [0.4, 0.5) is 0 Å². The van der Waals surface area contributed by atoms with Crippen molar-refractivity contribution in [1.82, 2.24) is 20.1 Å². The van der Waals surface area contributed by atoms with E-state index < -0.39 is 0 Å². The maximum absolute atomic E-state index is 10.1. The van der Waals surface area contributed by atoms with Crippen molar-refractivity contribution in [2.24, 2.45) is 0 Å². The minimum Gasteiger partial charge on any atom is -0.507 e. The molecule has 0 saturated carbocycles. The predicted molar refractivity (Wildman–Crippen MR) is 95.1 cm³/mol. The van der Waals surface area contributed by atoms with E-state index in [0.29, 0.717) is 11.6 Å². The van der Waals surface area contributed by atoms with Gasteiger partial charge in [0.2, 0.25) is 0 Å². The van der Waals surface area contributed by atoms with Crippen molar-refractivity contribution in [3.63, 3.8) is 0 Å². The molecule has 0 unspecified atom stereocenters. The molecule has 5 nitrogen and oxygen atoms in total. The van der Waals surface area contributed by atoms with Crippen molar-refractivity contribution in [3.8, 4) is 17.0 Å². The quantitative estimate of drug-likeness (QED) is 0.777. The maximum atomic E-state index is 10.1. The number of aryl methyl sites for hydroxylation is 1. The molecule has 1 aliphatic heterocycles. The summed E-state index contributed by atoms with van der Waals surface area (Å²) in [6.07, 6.45) is 2.33. The molecule has 1 aliphatic rings. The van der Waals surface area contributed by atoms with Crippen LogP contribution < -0.4 is 5.32 Å². The first-order chi connectivity index (χ1) is 11.8. The molecule has 1 saturated heterocycles. The van der Waals surface area contributed by atoms with Gasteiger partial charge in [0.25, 0.3) is 0 Å². The molecule has 1 aromatic carbocycles. The SMILES string of the molecule is CCn1c(C2CCNCC2)cc2nnc(-c3ccccc3O)cc21. The first kappa shape index (κ1) is 15.1. The minimum absolute atomic E-state index is 0.235. The Morgan fingerprint density at radius 3 is 2.71 bits per heavy atom. The highest BCUT2D eigenvalue weighted by atomic mass is 16.3.